The van der Waals surface area contributed by atoms with Gasteiger partial charge in [-0.1, -0.05) is 27.7 Å². The number of carbonyl (C=O) groups is 7. The first kappa shape index (κ1) is 35.4. The Balaban J connectivity index is 2.08. The summed E-state index contributed by atoms with van der Waals surface area (Å²) in [6.45, 7) is 9.06. The smallest absolute Gasteiger partial charge is 0.326 e. The number of hydrogen-bond acceptors (Lipinski definition) is 8. The molecule has 2 aliphatic heterocycles. The number of hydrogen-bond donors (Lipinski definition) is 6. The van der Waals surface area contributed by atoms with Gasteiger partial charge in [0.05, 0.1) is 12.5 Å². The molecule has 2 fully saturated rings. The van der Waals surface area contributed by atoms with E-state index >= 15 is 0 Å². The Bertz CT molecular complexity index is 1080. The minimum absolute atomic E-state index is 0.0314. The van der Waals surface area contributed by atoms with Gasteiger partial charge < -0.3 is 41.7 Å². The van der Waals surface area contributed by atoms with Crippen molar-refractivity contribution in [1.29, 1.82) is 0 Å². The van der Waals surface area contributed by atoms with Crippen LogP contribution in [0.1, 0.15) is 73.1 Å². The number of likely N-dealkylation sites (tertiary alicyclic amines) is 2. The van der Waals surface area contributed by atoms with Crippen LogP contribution >= 0.6 is 0 Å². The van der Waals surface area contributed by atoms with Crippen LogP contribution in [0.3, 0.4) is 0 Å². The third-order valence-corrected chi connectivity index (χ3v) is 7.69. The molecule has 0 unspecified atom stereocenters. The van der Waals surface area contributed by atoms with Crippen LogP contribution in [0.25, 0.3) is 0 Å². The Morgan fingerprint density at radius 3 is 1.86 bits per heavy atom. The molecule has 0 bridgehead atoms. The predicted molar refractivity (Wildman–Crippen MR) is 153 cm³/mol. The van der Waals surface area contributed by atoms with Crippen molar-refractivity contribution in [3.05, 3.63) is 0 Å². The first-order valence-electron chi connectivity index (χ1n) is 14.8. The van der Waals surface area contributed by atoms with E-state index in [1.807, 2.05) is 13.8 Å². The second-order valence-corrected chi connectivity index (χ2v) is 12.1. The number of carboxylic acids is 2. The van der Waals surface area contributed by atoms with Crippen molar-refractivity contribution in [2.24, 2.45) is 17.6 Å². The molecule has 5 amide bonds. The van der Waals surface area contributed by atoms with Crippen LogP contribution in [-0.4, -0.2) is 111 Å². The molecule has 0 aromatic heterocycles. The number of rotatable bonds is 14. The number of nitrogens with two attached hydrogens (primary N) is 1. The Kier molecular flexibility index (Phi) is 12.9. The minimum Gasteiger partial charge on any atom is -0.481 e. The zero-order valence-corrected chi connectivity index (χ0v) is 25.5. The van der Waals surface area contributed by atoms with Gasteiger partial charge in [0.25, 0.3) is 0 Å². The molecule has 15 heteroatoms. The summed E-state index contributed by atoms with van der Waals surface area (Å²) < 4.78 is 0. The third kappa shape index (κ3) is 9.63. The van der Waals surface area contributed by atoms with E-state index in [0.29, 0.717) is 25.7 Å². The monoisotopic (exact) mass is 610 g/mol. The van der Waals surface area contributed by atoms with E-state index < -0.39 is 84.1 Å². The van der Waals surface area contributed by atoms with Crippen molar-refractivity contribution < 1.29 is 43.8 Å². The largest absolute Gasteiger partial charge is 0.481 e. The lowest BCUT2D eigenvalue weighted by molar-refractivity contribution is -0.150. The lowest BCUT2D eigenvalue weighted by Crippen LogP contribution is -2.59. The highest BCUT2D eigenvalue weighted by molar-refractivity contribution is 5.96. The molecule has 7 N–H and O–H groups in total. The molecule has 2 aliphatic rings. The molecule has 0 aromatic carbocycles. The van der Waals surface area contributed by atoms with Gasteiger partial charge in [-0.15, -0.1) is 0 Å². The van der Waals surface area contributed by atoms with Crippen LogP contribution in [0.5, 0.6) is 0 Å². The molecule has 0 radical (unpaired) electrons. The van der Waals surface area contributed by atoms with E-state index in [2.05, 4.69) is 16.0 Å². The molecule has 6 atom stereocenters. The number of amides is 5. The lowest BCUT2D eigenvalue weighted by Gasteiger charge is -2.31. The van der Waals surface area contributed by atoms with Gasteiger partial charge in [0, 0.05) is 13.1 Å². The summed E-state index contributed by atoms with van der Waals surface area (Å²) in [6, 6.07) is -6.33. The van der Waals surface area contributed by atoms with Crippen molar-refractivity contribution in [2.75, 3.05) is 13.1 Å². The van der Waals surface area contributed by atoms with Crippen molar-refractivity contribution in [3.63, 3.8) is 0 Å². The molecule has 0 aromatic rings. The number of nitrogens with zero attached hydrogens (tertiary/aromatic N) is 2. The van der Waals surface area contributed by atoms with Gasteiger partial charge in [-0.25, -0.2) is 4.79 Å². The van der Waals surface area contributed by atoms with Crippen LogP contribution in [0.4, 0.5) is 0 Å². The van der Waals surface area contributed by atoms with Gasteiger partial charge in [0.15, 0.2) is 0 Å². The summed E-state index contributed by atoms with van der Waals surface area (Å²) in [5.41, 5.74) is 5.73. The summed E-state index contributed by atoms with van der Waals surface area (Å²) in [5.74, 6) is -5.77. The first-order valence-corrected chi connectivity index (χ1v) is 14.8. The van der Waals surface area contributed by atoms with Crippen LogP contribution in [0, 0.1) is 11.8 Å². The van der Waals surface area contributed by atoms with Crippen LogP contribution in [0.2, 0.25) is 0 Å². The fourth-order valence-electron chi connectivity index (χ4n) is 5.40. The highest BCUT2D eigenvalue weighted by Crippen LogP contribution is 2.21. The summed E-state index contributed by atoms with van der Waals surface area (Å²) in [5, 5.41) is 26.3. The lowest BCUT2D eigenvalue weighted by atomic mass is 10.0. The molecule has 15 nitrogen and oxygen atoms in total. The topological polar surface area (TPSA) is 229 Å². The fourth-order valence-corrected chi connectivity index (χ4v) is 5.40. The van der Waals surface area contributed by atoms with E-state index in [1.165, 1.54) is 16.7 Å². The molecule has 0 spiro atoms. The van der Waals surface area contributed by atoms with Crippen molar-refractivity contribution >= 4 is 41.5 Å². The van der Waals surface area contributed by atoms with E-state index in [9.17, 15) is 38.7 Å². The number of aliphatic carboxylic acids is 2. The zero-order chi connectivity index (χ0) is 32.6. The van der Waals surface area contributed by atoms with Gasteiger partial charge in [0.2, 0.25) is 29.5 Å². The Hall–Kier alpha value is -3.75. The van der Waals surface area contributed by atoms with Gasteiger partial charge in [-0.3, -0.25) is 28.8 Å². The molecule has 0 saturated carbocycles. The average Bonchev–Trinajstić information content (AvgIpc) is 3.60. The highest BCUT2D eigenvalue weighted by atomic mass is 16.4. The predicted octanol–water partition coefficient (Wildman–Crippen LogP) is -0.969. The van der Waals surface area contributed by atoms with Crippen LogP contribution in [-0.2, 0) is 33.6 Å². The first-order chi connectivity index (χ1) is 20.0. The van der Waals surface area contributed by atoms with Gasteiger partial charge >= 0.3 is 11.9 Å². The third-order valence-electron chi connectivity index (χ3n) is 7.69. The summed E-state index contributed by atoms with van der Waals surface area (Å²) in [4.78, 5) is 90.5. The maximum atomic E-state index is 13.3. The molecule has 242 valence electrons. The molecular weight excluding hydrogens is 564 g/mol. The zero-order valence-electron chi connectivity index (χ0n) is 25.5. The van der Waals surface area contributed by atoms with Crippen molar-refractivity contribution in [2.45, 2.75) is 109 Å². The molecular formula is C28H46N6O9. The second-order valence-electron chi connectivity index (χ2n) is 12.1. The second kappa shape index (κ2) is 15.6. The summed E-state index contributed by atoms with van der Waals surface area (Å²) in [7, 11) is 0. The van der Waals surface area contributed by atoms with Gasteiger partial charge in [0.1, 0.15) is 30.2 Å². The number of carboxylic acid groups (broad SMARTS) is 2. The Morgan fingerprint density at radius 1 is 0.791 bits per heavy atom. The quantitative estimate of drug-likeness (QED) is 0.141. The van der Waals surface area contributed by atoms with E-state index in [1.54, 1.807) is 13.8 Å². The van der Waals surface area contributed by atoms with E-state index in [-0.39, 0.29) is 31.3 Å². The molecule has 2 saturated heterocycles. The number of carbonyl (C=O) groups excluding carboxylic acids is 5. The standard InChI is InChI=1S/C28H46N6O9/c1-14(2)12-18(31-25(39)19-8-6-10-33(19)26(40)17(29)13-21(35)36)24(38)30-16(5)23(37)32-22(15(3)4)27(41)34-11-7-9-20(34)28(42)43/h14-20,22H,6-13,29H2,1-5H3,(H,30,38)(H,31,39)(H,32,37)(H,35,36)(H,42,43)/t16-,17-,18-,19-,20-,22-/m0/s1. The van der Waals surface area contributed by atoms with Crippen molar-refractivity contribution in [3.8, 4) is 0 Å². The highest BCUT2D eigenvalue weighted by Gasteiger charge is 2.40. The van der Waals surface area contributed by atoms with Gasteiger partial charge in [-0.05, 0) is 50.9 Å². The van der Waals surface area contributed by atoms with Crippen LogP contribution < -0.4 is 21.7 Å². The SMILES string of the molecule is CC(C)C[C@H](NC(=O)[C@@H]1CCCN1C(=O)[C@@H](N)CC(=O)O)C(=O)N[C@@H](C)C(=O)N[C@H](C(=O)N1CCC[C@H]1C(=O)O)C(C)C. The van der Waals surface area contributed by atoms with Crippen molar-refractivity contribution in [1.82, 2.24) is 25.8 Å². The van der Waals surface area contributed by atoms with E-state index in [0.717, 1.165) is 0 Å². The molecule has 0 aliphatic carbocycles. The average molecular weight is 611 g/mol. The molecule has 2 rings (SSSR count). The summed E-state index contributed by atoms with van der Waals surface area (Å²) in [6.07, 6.45) is 1.34. The maximum Gasteiger partial charge on any atom is 0.326 e. The number of nitrogens with one attached hydrogen (secondary N) is 3. The normalized spacial score (nSPS) is 21.2. The fraction of sp³-hybridized carbons (Fsp3) is 0.750. The molecule has 43 heavy (non-hydrogen) atoms. The molecule has 2 heterocycles. The Morgan fingerprint density at radius 2 is 1.35 bits per heavy atom. The van der Waals surface area contributed by atoms with Crippen LogP contribution in [0.15, 0.2) is 0 Å². The summed E-state index contributed by atoms with van der Waals surface area (Å²) >= 11 is 0. The van der Waals surface area contributed by atoms with E-state index in [4.69, 9.17) is 10.8 Å². The van der Waals surface area contributed by atoms with Gasteiger partial charge in [-0.2, -0.15) is 0 Å². The maximum absolute atomic E-state index is 13.3. The minimum atomic E-state index is -1.30. The Labute approximate surface area is 251 Å².